The van der Waals surface area contributed by atoms with Crippen molar-refractivity contribution in [3.05, 3.63) is 77.4 Å². The molecule has 3 aromatic rings. The molecular weight excluding hydrogens is 370 g/mol. The highest BCUT2D eigenvalue weighted by molar-refractivity contribution is 7.94. The molecule has 0 atom stereocenters. The molecule has 8 heteroatoms. The van der Waals surface area contributed by atoms with Crippen LogP contribution in [-0.2, 0) is 16.4 Å². The van der Waals surface area contributed by atoms with Gasteiger partial charge in [-0.1, -0.05) is 24.3 Å². The lowest BCUT2D eigenvalue weighted by Gasteiger charge is -2.12. The first-order valence-electron chi connectivity index (χ1n) is 7.90. The second-order valence-corrected chi connectivity index (χ2v) is 8.27. The number of amides is 1. The molecular formula is C18H17N3O3S2. The zero-order valence-electron chi connectivity index (χ0n) is 13.8. The van der Waals surface area contributed by atoms with Crippen LogP contribution in [0.1, 0.15) is 16.1 Å². The van der Waals surface area contributed by atoms with Gasteiger partial charge in [-0.05, 0) is 35.7 Å². The van der Waals surface area contributed by atoms with Gasteiger partial charge in [0.25, 0.3) is 15.9 Å². The molecule has 2 aromatic heterocycles. The normalized spacial score (nSPS) is 11.1. The standard InChI is InChI=1S/C18H17N3O3S2/c22-18(20-12-10-14-6-3-4-11-19-14)15-7-1-2-8-16(15)21-26(23,24)17-9-5-13-25-17/h1-9,11,13,21H,10,12H2,(H,20,22). The number of sulfonamides is 1. The van der Waals surface area contributed by atoms with E-state index in [0.29, 0.717) is 13.0 Å². The Kier molecular flexibility index (Phi) is 5.65. The van der Waals surface area contributed by atoms with Crippen LogP contribution in [0.25, 0.3) is 0 Å². The molecule has 1 amide bonds. The summed E-state index contributed by atoms with van der Waals surface area (Å²) in [5.41, 5.74) is 1.39. The maximum Gasteiger partial charge on any atom is 0.271 e. The Bertz CT molecular complexity index is 972. The van der Waals surface area contributed by atoms with Crippen LogP contribution in [0, 0.1) is 0 Å². The van der Waals surface area contributed by atoms with Gasteiger partial charge in [0, 0.05) is 24.9 Å². The van der Waals surface area contributed by atoms with Crippen LogP contribution in [0.15, 0.2) is 70.4 Å². The number of carbonyl (C=O) groups is 1. The minimum Gasteiger partial charge on any atom is -0.352 e. The van der Waals surface area contributed by atoms with E-state index in [1.807, 2.05) is 18.2 Å². The van der Waals surface area contributed by atoms with Gasteiger partial charge in [0.1, 0.15) is 4.21 Å². The average molecular weight is 387 g/mol. The van der Waals surface area contributed by atoms with Gasteiger partial charge in [-0.2, -0.15) is 0 Å². The number of pyridine rings is 1. The fourth-order valence-electron chi connectivity index (χ4n) is 2.33. The smallest absolute Gasteiger partial charge is 0.271 e. The molecule has 0 saturated carbocycles. The Hall–Kier alpha value is -2.71. The number of anilines is 1. The summed E-state index contributed by atoms with van der Waals surface area (Å²) in [4.78, 5) is 16.7. The van der Waals surface area contributed by atoms with Crippen molar-refractivity contribution >= 4 is 33.0 Å². The second kappa shape index (κ2) is 8.11. The van der Waals surface area contributed by atoms with Crippen LogP contribution in [0.4, 0.5) is 5.69 Å². The summed E-state index contributed by atoms with van der Waals surface area (Å²) in [5, 5.41) is 4.48. The third-order valence-corrected chi connectivity index (χ3v) is 6.33. The van der Waals surface area contributed by atoms with Gasteiger partial charge < -0.3 is 5.32 Å². The number of rotatable bonds is 7. The Morgan fingerprint density at radius 1 is 1.04 bits per heavy atom. The van der Waals surface area contributed by atoms with Crippen LogP contribution in [0.2, 0.25) is 0 Å². The number of hydrogen-bond donors (Lipinski definition) is 2. The Labute approximate surface area is 156 Å². The van der Waals surface area contributed by atoms with Crippen molar-refractivity contribution in [2.75, 3.05) is 11.3 Å². The van der Waals surface area contributed by atoms with E-state index >= 15 is 0 Å². The molecule has 134 valence electrons. The number of nitrogens with zero attached hydrogens (tertiary/aromatic N) is 1. The van der Waals surface area contributed by atoms with Crippen LogP contribution in [0.3, 0.4) is 0 Å². The van der Waals surface area contributed by atoms with E-state index in [2.05, 4.69) is 15.0 Å². The van der Waals surface area contributed by atoms with Gasteiger partial charge in [-0.15, -0.1) is 11.3 Å². The van der Waals surface area contributed by atoms with E-state index in [1.54, 1.807) is 41.9 Å². The van der Waals surface area contributed by atoms with E-state index in [-0.39, 0.29) is 21.4 Å². The van der Waals surface area contributed by atoms with Crippen molar-refractivity contribution in [3.63, 3.8) is 0 Å². The molecule has 0 aliphatic carbocycles. The van der Waals surface area contributed by atoms with Crippen LogP contribution in [0.5, 0.6) is 0 Å². The van der Waals surface area contributed by atoms with E-state index in [9.17, 15) is 13.2 Å². The van der Waals surface area contributed by atoms with Crippen molar-refractivity contribution in [2.45, 2.75) is 10.6 Å². The zero-order chi connectivity index (χ0) is 18.4. The number of hydrogen-bond acceptors (Lipinski definition) is 5. The first kappa shape index (κ1) is 18.1. The number of carbonyl (C=O) groups excluding carboxylic acids is 1. The van der Waals surface area contributed by atoms with Crippen molar-refractivity contribution < 1.29 is 13.2 Å². The van der Waals surface area contributed by atoms with E-state index in [4.69, 9.17) is 0 Å². The molecule has 0 unspecified atom stereocenters. The number of aromatic nitrogens is 1. The SMILES string of the molecule is O=C(NCCc1ccccn1)c1ccccc1NS(=O)(=O)c1cccs1. The van der Waals surface area contributed by atoms with Gasteiger partial charge in [0.05, 0.1) is 11.3 Å². The first-order valence-corrected chi connectivity index (χ1v) is 10.3. The number of nitrogens with one attached hydrogen (secondary N) is 2. The van der Waals surface area contributed by atoms with E-state index in [1.165, 1.54) is 6.07 Å². The number of benzene rings is 1. The minimum absolute atomic E-state index is 0.197. The van der Waals surface area contributed by atoms with Crippen LogP contribution in [-0.4, -0.2) is 25.9 Å². The molecule has 0 fully saturated rings. The topological polar surface area (TPSA) is 88.2 Å². The molecule has 0 radical (unpaired) electrons. The van der Waals surface area contributed by atoms with Gasteiger partial charge in [-0.3, -0.25) is 14.5 Å². The molecule has 0 spiro atoms. The first-order chi connectivity index (χ1) is 12.6. The molecule has 0 bridgehead atoms. The molecule has 6 nitrogen and oxygen atoms in total. The summed E-state index contributed by atoms with van der Waals surface area (Å²) in [6.07, 6.45) is 2.29. The summed E-state index contributed by atoms with van der Waals surface area (Å²) in [6, 6.07) is 15.3. The highest BCUT2D eigenvalue weighted by Crippen LogP contribution is 2.22. The summed E-state index contributed by atoms with van der Waals surface area (Å²) in [5.74, 6) is -0.342. The summed E-state index contributed by atoms with van der Waals surface area (Å²) in [6.45, 7) is 0.405. The second-order valence-electron chi connectivity index (χ2n) is 5.41. The monoisotopic (exact) mass is 387 g/mol. The highest BCUT2D eigenvalue weighted by atomic mass is 32.2. The maximum atomic E-state index is 12.5. The quantitative estimate of drug-likeness (QED) is 0.652. The Balaban J connectivity index is 1.69. The molecule has 2 N–H and O–H groups in total. The molecule has 3 rings (SSSR count). The van der Waals surface area contributed by atoms with E-state index in [0.717, 1.165) is 17.0 Å². The van der Waals surface area contributed by atoms with Crippen molar-refractivity contribution in [2.24, 2.45) is 0 Å². The average Bonchev–Trinajstić information content (AvgIpc) is 3.18. The van der Waals surface area contributed by atoms with Gasteiger partial charge in [0.2, 0.25) is 0 Å². The fraction of sp³-hybridized carbons (Fsp3) is 0.111. The number of para-hydroxylation sites is 1. The minimum atomic E-state index is -3.71. The third-order valence-electron chi connectivity index (χ3n) is 3.57. The lowest BCUT2D eigenvalue weighted by atomic mass is 10.1. The molecule has 26 heavy (non-hydrogen) atoms. The van der Waals surface area contributed by atoms with Crippen molar-refractivity contribution in [1.82, 2.24) is 10.3 Å². The number of thiophene rings is 1. The Morgan fingerprint density at radius 2 is 1.85 bits per heavy atom. The lowest BCUT2D eigenvalue weighted by Crippen LogP contribution is -2.27. The lowest BCUT2D eigenvalue weighted by molar-refractivity contribution is 0.0955. The van der Waals surface area contributed by atoms with Crippen molar-refractivity contribution in [3.8, 4) is 0 Å². The predicted octanol–water partition coefficient (Wildman–Crippen LogP) is 2.92. The highest BCUT2D eigenvalue weighted by Gasteiger charge is 2.19. The zero-order valence-corrected chi connectivity index (χ0v) is 15.4. The summed E-state index contributed by atoms with van der Waals surface area (Å²) in [7, 11) is -3.71. The van der Waals surface area contributed by atoms with Gasteiger partial charge in [0.15, 0.2) is 0 Å². The largest absolute Gasteiger partial charge is 0.352 e. The van der Waals surface area contributed by atoms with Crippen LogP contribution >= 0.6 is 11.3 Å². The summed E-state index contributed by atoms with van der Waals surface area (Å²) >= 11 is 1.12. The summed E-state index contributed by atoms with van der Waals surface area (Å²) < 4.78 is 27.5. The third kappa shape index (κ3) is 4.47. The van der Waals surface area contributed by atoms with Crippen LogP contribution < -0.4 is 10.0 Å². The van der Waals surface area contributed by atoms with Crippen molar-refractivity contribution in [1.29, 1.82) is 0 Å². The predicted molar refractivity (Wildman–Crippen MR) is 102 cm³/mol. The molecule has 0 aliphatic rings. The molecule has 1 aromatic carbocycles. The molecule has 0 aliphatic heterocycles. The fourth-order valence-corrected chi connectivity index (χ4v) is 4.40. The van der Waals surface area contributed by atoms with E-state index < -0.39 is 10.0 Å². The van der Waals surface area contributed by atoms with Gasteiger partial charge in [-0.25, -0.2) is 8.42 Å². The maximum absolute atomic E-state index is 12.5. The molecule has 2 heterocycles. The van der Waals surface area contributed by atoms with Gasteiger partial charge >= 0.3 is 0 Å². The Morgan fingerprint density at radius 3 is 2.58 bits per heavy atom. The molecule has 0 saturated heterocycles.